The average molecular weight is 298 g/mol. The predicted octanol–water partition coefficient (Wildman–Crippen LogP) is 4.07. The zero-order valence-electron chi connectivity index (χ0n) is 13.1. The highest BCUT2D eigenvalue weighted by Gasteiger charge is 2.21. The van der Waals surface area contributed by atoms with Crippen molar-refractivity contribution in [1.29, 1.82) is 0 Å². The van der Waals surface area contributed by atoms with E-state index >= 15 is 0 Å². The lowest BCUT2D eigenvalue weighted by Gasteiger charge is -2.26. The van der Waals surface area contributed by atoms with E-state index in [4.69, 9.17) is 9.47 Å². The lowest BCUT2D eigenvalue weighted by atomic mass is 9.79. The molecule has 0 heterocycles. The van der Waals surface area contributed by atoms with E-state index in [1.807, 2.05) is 12.1 Å². The van der Waals surface area contributed by atoms with Gasteiger partial charge in [-0.3, -0.25) is 0 Å². The highest BCUT2D eigenvalue weighted by atomic mass is 16.5. The minimum atomic E-state index is 0.0674. The minimum Gasteiger partial charge on any atom is -0.502 e. The first-order valence-corrected chi connectivity index (χ1v) is 7.74. The topological polar surface area (TPSA) is 38.7 Å². The van der Waals surface area contributed by atoms with Crippen LogP contribution in [0.25, 0.3) is 0 Å². The van der Waals surface area contributed by atoms with Gasteiger partial charge in [0.2, 0.25) is 5.75 Å². The summed E-state index contributed by atoms with van der Waals surface area (Å²) in [4.78, 5) is 0. The molecule has 22 heavy (non-hydrogen) atoms. The molecule has 2 aromatic carbocycles. The molecule has 3 heteroatoms. The molecule has 1 aliphatic rings. The Kier molecular flexibility index (Phi) is 4.23. The Balaban J connectivity index is 1.91. The second-order valence-electron chi connectivity index (χ2n) is 5.84. The lowest BCUT2D eigenvalue weighted by Crippen LogP contribution is -2.12. The SMILES string of the molecule is COc1cc(CC2CCCc3ccccc32)cc(OC)c1O. The van der Waals surface area contributed by atoms with E-state index in [0.717, 1.165) is 12.0 Å². The van der Waals surface area contributed by atoms with Gasteiger partial charge in [-0.05, 0) is 60.4 Å². The van der Waals surface area contributed by atoms with Gasteiger partial charge in [-0.2, -0.15) is 0 Å². The van der Waals surface area contributed by atoms with Crippen molar-refractivity contribution in [2.45, 2.75) is 31.6 Å². The van der Waals surface area contributed by atoms with Crippen molar-refractivity contribution in [3.05, 3.63) is 53.1 Å². The first-order valence-electron chi connectivity index (χ1n) is 7.74. The molecule has 0 bridgehead atoms. The molecule has 0 saturated heterocycles. The van der Waals surface area contributed by atoms with Gasteiger partial charge in [0.05, 0.1) is 14.2 Å². The first-order chi connectivity index (χ1) is 10.7. The molecule has 0 fully saturated rings. The van der Waals surface area contributed by atoms with Crippen LogP contribution in [0.5, 0.6) is 17.2 Å². The molecule has 3 nitrogen and oxygen atoms in total. The van der Waals surface area contributed by atoms with Crippen LogP contribution in [0.2, 0.25) is 0 Å². The molecule has 0 spiro atoms. The Morgan fingerprint density at radius 2 is 1.77 bits per heavy atom. The van der Waals surface area contributed by atoms with Crippen LogP contribution in [-0.2, 0) is 12.8 Å². The maximum absolute atomic E-state index is 10.0. The molecule has 0 saturated carbocycles. The highest BCUT2D eigenvalue weighted by molar-refractivity contribution is 5.53. The fraction of sp³-hybridized carbons (Fsp3) is 0.368. The van der Waals surface area contributed by atoms with E-state index in [0.29, 0.717) is 17.4 Å². The number of methoxy groups -OCH3 is 2. The number of rotatable bonds is 4. The smallest absolute Gasteiger partial charge is 0.200 e. The van der Waals surface area contributed by atoms with Crippen molar-refractivity contribution >= 4 is 0 Å². The normalized spacial score (nSPS) is 16.9. The lowest BCUT2D eigenvalue weighted by molar-refractivity contribution is 0.339. The monoisotopic (exact) mass is 298 g/mol. The molecule has 0 amide bonds. The molecule has 2 aromatic rings. The average Bonchev–Trinajstić information content (AvgIpc) is 2.56. The van der Waals surface area contributed by atoms with E-state index < -0.39 is 0 Å². The van der Waals surface area contributed by atoms with Crippen LogP contribution < -0.4 is 9.47 Å². The second-order valence-corrected chi connectivity index (χ2v) is 5.84. The zero-order valence-corrected chi connectivity index (χ0v) is 13.1. The Morgan fingerprint density at radius 3 is 2.45 bits per heavy atom. The molecular weight excluding hydrogens is 276 g/mol. The van der Waals surface area contributed by atoms with Gasteiger partial charge in [0.15, 0.2) is 11.5 Å². The Hall–Kier alpha value is -2.16. The summed E-state index contributed by atoms with van der Waals surface area (Å²) in [5.41, 5.74) is 4.06. The van der Waals surface area contributed by atoms with E-state index in [9.17, 15) is 5.11 Å². The van der Waals surface area contributed by atoms with Crippen molar-refractivity contribution < 1.29 is 14.6 Å². The van der Waals surface area contributed by atoms with Crippen LogP contribution in [0.1, 0.15) is 35.4 Å². The van der Waals surface area contributed by atoms with Crippen LogP contribution in [-0.4, -0.2) is 19.3 Å². The van der Waals surface area contributed by atoms with Gasteiger partial charge >= 0.3 is 0 Å². The maximum Gasteiger partial charge on any atom is 0.200 e. The molecule has 0 aromatic heterocycles. The van der Waals surface area contributed by atoms with Gasteiger partial charge < -0.3 is 14.6 Å². The van der Waals surface area contributed by atoms with Crippen molar-refractivity contribution in [2.24, 2.45) is 0 Å². The van der Waals surface area contributed by atoms with E-state index in [-0.39, 0.29) is 5.75 Å². The number of aryl methyl sites for hydroxylation is 1. The van der Waals surface area contributed by atoms with Gasteiger partial charge in [-0.25, -0.2) is 0 Å². The maximum atomic E-state index is 10.0. The van der Waals surface area contributed by atoms with Gasteiger partial charge in [-0.15, -0.1) is 0 Å². The van der Waals surface area contributed by atoms with Gasteiger partial charge in [0.1, 0.15) is 0 Å². The predicted molar refractivity (Wildman–Crippen MR) is 87.0 cm³/mol. The van der Waals surface area contributed by atoms with Crippen molar-refractivity contribution in [1.82, 2.24) is 0 Å². The summed E-state index contributed by atoms with van der Waals surface area (Å²) >= 11 is 0. The third-order valence-corrected chi connectivity index (χ3v) is 4.52. The molecule has 1 atom stereocenters. The standard InChI is InChI=1S/C19H22O3/c1-21-17-11-13(12-18(22-2)19(17)20)10-15-8-5-7-14-6-3-4-9-16(14)15/h3-4,6,9,11-12,15,20H,5,7-8,10H2,1-2H3. The molecule has 116 valence electrons. The molecule has 0 radical (unpaired) electrons. The number of benzene rings is 2. The van der Waals surface area contributed by atoms with E-state index in [2.05, 4.69) is 24.3 Å². The first kappa shape index (κ1) is 14.8. The van der Waals surface area contributed by atoms with E-state index in [1.165, 1.54) is 30.4 Å². The minimum absolute atomic E-state index is 0.0674. The van der Waals surface area contributed by atoms with E-state index in [1.54, 1.807) is 14.2 Å². The molecule has 1 N–H and O–H groups in total. The van der Waals surface area contributed by atoms with Crippen molar-refractivity contribution in [2.75, 3.05) is 14.2 Å². The Morgan fingerprint density at radius 1 is 1.09 bits per heavy atom. The number of ether oxygens (including phenoxy) is 2. The Bertz CT molecular complexity index is 638. The molecule has 3 rings (SSSR count). The van der Waals surface area contributed by atoms with Crippen molar-refractivity contribution in [3.63, 3.8) is 0 Å². The van der Waals surface area contributed by atoms with Gasteiger partial charge in [-0.1, -0.05) is 24.3 Å². The third kappa shape index (κ3) is 2.76. The van der Waals surface area contributed by atoms with Crippen LogP contribution in [0.4, 0.5) is 0 Å². The number of phenolic OH excluding ortho intramolecular Hbond substituents is 1. The molecule has 0 aliphatic heterocycles. The number of aromatic hydroxyl groups is 1. The van der Waals surface area contributed by atoms with Crippen LogP contribution in [0.3, 0.4) is 0 Å². The van der Waals surface area contributed by atoms with Crippen LogP contribution >= 0.6 is 0 Å². The summed E-state index contributed by atoms with van der Waals surface area (Å²) in [6.07, 6.45) is 4.54. The summed E-state index contributed by atoms with van der Waals surface area (Å²) in [6.45, 7) is 0. The van der Waals surface area contributed by atoms with Crippen molar-refractivity contribution in [3.8, 4) is 17.2 Å². The quantitative estimate of drug-likeness (QED) is 0.924. The van der Waals surface area contributed by atoms with Crippen LogP contribution in [0.15, 0.2) is 36.4 Å². The number of hydrogen-bond acceptors (Lipinski definition) is 3. The van der Waals surface area contributed by atoms with Gasteiger partial charge in [0.25, 0.3) is 0 Å². The molecular formula is C19H22O3. The summed E-state index contributed by atoms with van der Waals surface area (Å²) < 4.78 is 10.5. The summed E-state index contributed by atoms with van der Waals surface area (Å²) in [6, 6.07) is 12.5. The number of fused-ring (bicyclic) bond motifs is 1. The second kappa shape index (κ2) is 6.30. The number of hydrogen-bond donors (Lipinski definition) is 1. The zero-order chi connectivity index (χ0) is 15.5. The largest absolute Gasteiger partial charge is 0.502 e. The highest BCUT2D eigenvalue weighted by Crippen LogP contribution is 2.40. The van der Waals surface area contributed by atoms with Gasteiger partial charge in [0, 0.05) is 0 Å². The third-order valence-electron chi connectivity index (χ3n) is 4.52. The Labute approximate surface area is 131 Å². The molecule has 1 aliphatic carbocycles. The summed E-state index contributed by atoms with van der Waals surface area (Å²) in [7, 11) is 3.13. The summed E-state index contributed by atoms with van der Waals surface area (Å²) in [5.74, 6) is 1.53. The fourth-order valence-corrected chi connectivity index (χ4v) is 3.42. The fourth-order valence-electron chi connectivity index (χ4n) is 3.42. The molecule has 1 unspecified atom stereocenters. The van der Waals surface area contributed by atoms with Crippen LogP contribution in [0, 0.1) is 0 Å². The summed E-state index contributed by atoms with van der Waals surface area (Å²) in [5, 5.41) is 10.0. The number of phenols is 1.